The fourth-order valence-electron chi connectivity index (χ4n) is 6.48. The molecule has 0 fully saturated rings. The number of rotatable bonds is 0. The molecule has 0 aliphatic carbocycles. The standard InChI is InChI=1S/C42H54N4O5/c1-7-35-29-39(11-1)43-15-21-49-25-26-50-22-16-44-40-12-2-8-36(30-40)34-46-18-6-20-48-24-28-51-27-23-47-19-5-17-45(33-35)41-13-3-9-37(31-41)38-10-4-14-42(46)32-38/h1-4,7-14,29-32,43-44H,5-6,15-28,33-34H2. The lowest BCUT2D eigenvalue weighted by Gasteiger charge is -2.27. The van der Waals surface area contributed by atoms with Gasteiger partial charge in [-0.2, -0.15) is 0 Å². The predicted octanol–water partition coefficient (Wildman–Crippen LogP) is 7.08. The Morgan fingerprint density at radius 1 is 0.412 bits per heavy atom. The molecule has 2 aliphatic rings. The number of benzene rings is 4. The average Bonchev–Trinajstić information content (AvgIpc) is 3.16. The van der Waals surface area contributed by atoms with Gasteiger partial charge in [0.05, 0.1) is 52.9 Å². The summed E-state index contributed by atoms with van der Waals surface area (Å²) in [5.74, 6) is 0. The van der Waals surface area contributed by atoms with Gasteiger partial charge in [-0.15, -0.1) is 0 Å². The van der Waals surface area contributed by atoms with Crippen LogP contribution in [0.15, 0.2) is 97.1 Å². The number of ether oxygens (including phenoxy) is 5. The second-order valence-electron chi connectivity index (χ2n) is 13.0. The summed E-state index contributed by atoms with van der Waals surface area (Å²) in [6, 6.07) is 35.3. The molecule has 0 saturated carbocycles. The van der Waals surface area contributed by atoms with Crippen LogP contribution in [0.2, 0.25) is 0 Å². The summed E-state index contributed by atoms with van der Waals surface area (Å²) in [5, 5.41) is 7.07. The van der Waals surface area contributed by atoms with Crippen molar-refractivity contribution < 1.29 is 23.7 Å². The van der Waals surface area contributed by atoms with Gasteiger partial charge in [0.25, 0.3) is 0 Å². The van der Waals surface area contributed by atoms with E-state index in [1.54, 1.807) is 0 Å². The molecule has 9 heteroatoms. The highest BCUT2D eigenvalue weighted by Crippen LogP contribution is 2.30. The van der Waals surface area contributed by atoms with Crippen LogP contribution in [-0.4, -0.2) is 92.2 Å². The Balaban J connectivity index is 1.31. The quantitative estimate of drug-likeness (QED) is 0.201. The van der Waals surface area contributed by atoms with Crippen molar-refractivity contribution in [3.05, 3.63) is 108 Å². The molecule has 6 rings (SSSR count). The van der Waals surface area contributed by atoms with Crippen molar-refractivity contribution in [1.82, 2.24) is 0 Å². The van der Waals surface area contributed by atoms with Crippen LogP contribution in [0.1, 0.15) is 24.0 Å². The Kier molecular flexibility index (Phi) is 14.9. The van der Waals surface area contributed by atoms with Crippen molar-refractivity contribution in [3.63, 3.8) is 0 Å². The van der Waals surface area contributed by atoms with Crippen molar-refractivity contribution in [2.45, 2.75) is 25.9 Å². The normalized spacial score (nSPS) is 18.2. The molecule has 51 heavy (non-hydrogen) atoms. The van der Waals surface area contributed by atoms with Crippen LogP contribution >= 0.6 is 0 Å². The third-order valence-corrected chi connectivity index (χ3v) is 9.06. The molecule has 0 spiro atoms. The summed E-state index contributed by atoms with van der Waals surface area (Å²) in [6.45, 7) is 10.8. The van der Waals surface area contributed by atoms with E-state index in [4.69, 9.17) is 23.7 Å². The molecule has 4 aromatic carbocycles. The van der Waals surface area contributed by atoms with Crippen molar-refractivity contribution in [2.75, 3.05) is 113 Å². The molecule has 2 aliphatic heterocycles. The third kappa shape index (κ3) is 12.3. The summed E-state index contributed by atoms with van der Waals surface area (Å²) in [4.78, 5) is 4.93. The highest BCUT2D eigenvalue weighted by molar-refractivity contribution is 5.72. The molecule has 0 unspecified atom stereocenters. The minimum Gasteiger partial charge on any atom is -0.383 e. The first-order chi connectivity index (χ1) is 25.3. The van der Waals surface area contributed by atoms with Crippen molar-refractivity contribution >= 4 is 22.7 Å². The van der Waals surface area contributed by atoms with Crippen LogP contribution in [0, 0.1) is 0 Å². The van der Waals surface area contributed by atoms with Gasteiger partial charge in [0, 0.05) is 75.2 Å². The summed E-state index contributed by atoms with van der Waals surface area (Å²) in [5.41, 5.74) is 9.48. The van der Waals surface area contributed by atoms with E-state index < -0.39 is 0 Å². The molecule has 272 valence electrons. The van der Waals surface area contributed by atoms with Gasteiger partial charge in [-0.05, 0) is 83.6 Å². The smallest absolute Gasteiger partial charge is 0.0701 e. The average molecular weight is 695 g/mol. The summed E-state index contributed by atoms with van der Waals surface area (Å²) in [7, 11) is 0. The van der Waals surface area contributed by atoms with E-state index in [2.05, 4.69) is 117 Å². The third-order valence-electron chi connectivity index (χ3n) is 9.06. The van der Waals surface area contributed by atoms with Gasteiger partial charge in [-0.1, -0.05) is 48.5 Å². The zero-order chi connectivity index (χ0) is 34.8. The highest BCUT2D eigenvalue weighted by Gasteiger charge is 2.13. The molecule has 9 nitrogen and oxygen atoms in total. The molecule has 10 bridgehead atoms. The van der Waals surface area contributed by atoms with E-state index >= 15 is 0 Å². The first-order valence-corrected chi connectivity index (χ1v) is 18.5. The number of hydrogen-bond donors (Lipinski definition) is 2. The molecule has 4 aromatic rings. The molecule has 2 heterocycles. The van der Waals surface area contributed by atoms with Gasteiger partial charge in [0.1, 0.15) is 0 Å². The van der Waals surface area contributed by atoms with Crippen molar-refractivity contribution in [1.29, 1.82) is 0 Å². The minimum atomic E-state index is 0.573. The molecule has 2 N–H and O–H groups in total. The maximum atomic E-state index is 5.96. The van der Waals surface area contributed by atoms with Gasteiger partial charge in [-0.3, -0.25) is 0 Å². The van der Waals surface area contributed by atoms with Crippen LogP contribution in [-0.2, 0) is 36.8 Å². The van der Waals surface area contributed by atoms with Gasteiger partial charge in [-0.25, -0.2) is 0 Å². The van der Waals surface area contributed by atoms with E-state index in [1.807, 2.05) is 0 Å². The van der Waals surface area contributed by atoms with E-state index in [0.717, 1.165) is 63.5 Å². The van der Waals surface area contributed by atoms with E-state index in [-0.39, 0.29) is 0 Å². The summed E-state index contributed by atoms with van der Waals surface area (Å²) < 4.78 is 29.4. The van der Waals surface area contributed by atoms with Crippen molar-refractivity contribution in [2.24, 2.45) is 0 Å². The van der Waals surface area contributed by atoms with Gasteiger partial charge in [0.15, 0.2) is 0 Å². The first-order valence-electron chi connectivity index (χ1n) is 18.5. The maximum Gasteiger partial charge on any atom is 0.0701 e. The molecular weight excluding hydrogens is 640 g/mol. The number of fused-ring (bicyclic) bond motifs is 4. The topological polar surface area (TPSA) is 76.7 Å². The number of nitrogens with one attached hydrogen (secondary N) is 2. The fourth-order valence-corrected chi connectivity index (χ4v) is 6.48. The van der Waals surface area contributed by atoms with E-state index in [1.165, 1.54) is 33.6 Å². The number of hydrogen-bond acceptors (Lipinski definition) is 9. The zero-order valence-electron chi connectivity index (χ0n) is 29.9. The SMILES string of the molecule is c1cc2cc(c1)NCCOCCOCCNc1cccc(c1)CN1CCCOCCOCCOCCCN(C2)c2cccc(c2)-c2cccc1c2. The van der Waals surface area contributed by atoms with Crippen LogP contribution in [0.3, 0.4) is 0 Å². The second-order valence-corrected chi connectivity index (χ2v) is 13.0. The van der Waals surface area contributed by atoms with Gasteiger partial charge >= 0.3 is 0 Å². The molecular formula is C42H54N4O5. The Hall–Kier alpha value is -4.12. The zero-order valence-corrected chi connectivity index (χ0v) is 29.9. The Bertz CT molecular complexity index is 1490. The Morgan fingerprint density at radius 3 is 1.29 bits per heavy atom. The molecule has 0 radical (unpaired) electrons. The fraction of sp³-hybridized carbons (Fsp3) is 0.429. The number of nitrogens with zero attached hydrogens (tertiary/aromatic N) is 2. The number of anilines is 4. The van der Waals surface area contributed by atoms with E-state index in [0.29, 0.717) is 66.1 Å². The Morgan fingerprint density at radius 2 is 0.824 bits per heavy atom. The highest BCUT2D eigenvalue weighted by atomic mass is 16.5. The minimum absolute atomic E-state index is 0.573. The molecule has 0 amide bonds. The molecule has 0 atom stereocenters. The molecule has 0 saturated heterocycles. The second kappa shape index (κ2) is 20.7. The Labute approximate surface area is 303 Å². The lowest BCUT2D eigenvalue weighted by atomic mass is 10.0. The van der Waals surface area contributed by atoms with Crippen LogP contribution < -0.4 is 20.4 Å². The van der Waals surface area contributed by atoms with E-state index in [9.17, 15) is 0 Å². The van der Waals surface area contributed by atoms with Crippen LogP contribution in [0.25, 0.3) is 11.1 Å². The van der Waals surface area contributed by atoms with Crippen molar-refractivity contribution in [3.8, 4) is 11.1 Å². The summed E-state index contributed by atoms with van der Waals surface area (Å²) in [6.07, 6.45) is 1.82. The van der Waals surface area contributed by atoms with Crippen LogP contribution in [0.5, 0.6) is 0 Å². The van der Waals surface area contributed by atoms with Crippen LogP contribution in [0.4, 0.5) is 22.7 Å². The lowest BCUT2D eigenvalue weighted by molar-refractivity contribution is 0.0142. The van der Waals surface area contributed by atoms with Gasteiger partial charge < -0.3 is 44.1 Å². The monoisotopic (exact) mass is 694 g/mol. The lowest BCUT2D eigenvalue weighted by Crippen LogP contribution is -2.25. The summed E-state index contributed by atoms with van der Waals surface area (Å²) >= 11 is 0. The largest absolute Gasteiger partial charge is 0.383 e. The molecule has 0 aromatic heterocycles. The maximum absolute atomic E-state index is 5.96. The predicted molar refractivity (Wildman–Crippen MR) is 207 cm³/mol. The van der Waals surface area contributed by atoms with Gasteiger partial charge in [0.2, 0.25) is 0 Å². The first kappa shape index (κ1) is 36.7.